The van der Waals surface area contributed by atoms with Crippen LogP contribution in [0.5, 0.6) is 0 Å². The number of alkyl halides is 2. The quantitative estimate of drug-likeness (QED) is 0.199. The number of carbonyl (C=O) groups is 2. The summed E-state index contributed by atoms with van der Waals surface area (Å²) in [6.07, 6.45) is 2.15. The fourth-order valence-corrected chi connectivity index (χ4v) is 6.26. The van der Waals surface area contributed by atoms with Crippen LogP contribution in [0.2, 0.25) is 5.02 Å². The van der Waals surface area contributed by atoms with Crippen molar-refractivity contribution in [3.05, 3.63) is 106 Å². The molecule has 38 heavy (non-hydrogen) atoms. The molecule has 0 N–H and O–H groups in total. The zero-order valence-corrected chi connectivity index (χ0v) is 21.2. The van der Waals surface area contributed by atoms with E-state index in [1.807, 2.05) is 48.5 Å². The summed E-state index contributed by atoms with van der Waals surface area (Å²) in [6, 6.07) is 14.5. The average Bonchev–Trinajstić information content (AvgIpc) is 3.40. The minimum Gasteiger partial charge on any atom is -0.448 e. The molecule has 0 radical (unpaired) electrons. The number of nitrogens with zero attached hydrogens (tertiary/aromatic N) is 3. The molecule has 0 fully saturated rings. The van der Waals surface area contributed by atoms with Crippen molar-refractivity contribution in [2.24, 2.45) is 0 Å². The lowest BCUT2D eigenvalue weighted by Crippen LogP contribution is -2.39. The Morgan fingerprint density at radius 2 is 1.71 bits per heavy atom. The van der Waals surface area contributed by atoms with Gasteiger partial charge in [0.15, 0.2) is 6.29 Å². The maximum Gasteiger partial charge on any atom is 0.415 e. The topological polar surface area (TPSA) is 72.4 Å². The molecule has 0 atom stereocenters. The van der Waals surface area contributed by atoms with Gasteiger partial charge in [0.2, 0.25) is 0 Å². The number of hydrogen-bond donors (Lipinski definition) is 0. The van der Waals surface area contributed by atoms with Crippen LogP contribution in [0.25, 0.3) is 11.1 Å². The van der Waals surface area contributed by atoms with Gasteiger partial charge in [0.25, 0.3) is 0 Å². The van der Waals surface area contributed by atoms with Crippen LogP contribution >= 0.6 is 23.4 Å². The van der Waals surface area contributed by atoms with Crippen molar-refractivity contribution in [3.63, 3.8) is 0 Å². The summed E-state index contributed by atoms with van der Waals surface area (Å²) in [5.74, 6) is -0.260. The molecule has 3 aromatic carbocycles. The van der Waals surface area contributed by atoms with E-state index in [0.29, 0.717) is 11.2 Å². The molecule has 4 aromatic rings. The SMILES string of the molecule is O=Cc1nccnc1Sc1c(Cl)ccc2c1CN(C(=O)OCC1c3ccccc3-c3ccccc31)C2(F)F. The molecule has 1 aliphatic heterocycles. The fraction of sp³-hybridized carbons (Fsp3) is 0.143. The molecule has 6 nitrogen and oxygen atoms in total. The Bertz CT molecular complexity index is 1550. The van der Waals surface area contributed by atoms with Crippen molar-refractivity contribution >= 4 is 35.7 Å². The molecular formula is C28H18ClF2N3O3S. The number of carbonyl (C=O) groups excluding carboxylic acids is 2. The predicted octanol–water partition coefficient (Wildman–Crippen LogP) is 6.91. The molecule has 2 heterocycles. The van der Waals surface area contributed by atoms with E-state index in [9.17, 15) is 9.59 Å². The second kappa shape index (κ2) is 9.49. The molecule has 2 aliphatic rings. The molecule has 0 spiro atoms. The van der Waals surface area contributed by atoms with Crippen LogP contribution in [0.3, 0.4) is 0 Å². The monoisotopic (exact) mass is 549 g/mol. The van der Waals surface area contributed by atoms with Gasteiger partial charge in [0, 0.05) is 28.8 Å². The minimum atomic E-state index is -3.62. The number of aromatic nitrogens is 2. The van der Waals surface area contributed by atoms with Gasteiger partial charge in [-0.1, -0.05) is 71.9 Å². The first-order chi connectivity index (χ1) is 18.4. The summed E-state index contributed by atoms with van der Waals surface area (Å²) in [4.78, 5) is 33.2. The van der Waals surface area contributed by atoms with Crippen molar-refractivity contribution in [3.8, 4) is 11.1 Å². The number of amides is 1. The molecule has 1 aliphatic carbocycles. The van der Waals surface area contributed by atoms with Crippen molar-refractivity contribution in [1.82, 2.24) is 14.9 Å². The first-order valence-electron chi connectivity index (χ1n) is 11.7. The average molecular weight is 550 g/mol. The third kappa shape index (κ3) is 3.93. The Morgan fingerprint density at radius 3 is 2.39 bits per heavy atom. The van der Waals surface area contributed by atoms with Gasteiger partial charge in [-0.05, 0) is 39.9 Å². The highest BCUT2D eigenvalue weighted by atomic mass is 35.5. The van der Waals surface area contributed by atoms with Crippen molar-refractivity contribution in [2.75, 3.05) is 6.61 Å². The third-order valence-electron chi connectivity index (χ3n) is 6.75. The van der Waals surface area contributed by atoms with Crippen LogP contribution in [-0.2, 0) is 17.3 Å². The summed E-state index contributed by atoms with van der Waals surface area (Å²) >= 11 is 7.33. The zero-order valence-electron chi connectivity index (χ0n) is 19.6. The summed E-state index contributed by atoms with van der Waals surface area (Å²) in [6.45, 7) is -0.501. The Kier molecular flexibility index (Phi) is 6.12. The summed E-state index contributed by atoms with van der Waals surface area (Å²) in [7, 11) is 0. The van der Waals surface area contributed by atoms with Gasteiger partial charge in [0.1, 0.15) is 17.3 Å². The van der Waals surface area contributed by atoms with E-state index in [1.54, 1.807) is 0 Å². The number of halogens is 3. The van der Waals surface area contributed by atoms with Crippen LogP contribution < -0.4 is 0 Å². The largest absolute Gasteiger partial charge is 0.448 e. The molecule has 0 bridgehead atoms. The minimum absolute atomic E-state index is 0.0596. The Balaban J connectivity index is 1.26. The van der Waals surface area contributed by atoms with Crippen molar-refractivity contribution in [2.45, 2.75) is 28.4 Å². The van der Waals surface area contributed by atoms with E-state index in [0.717, 1.165) is 34.0 Å². The fourth-order valence-electron chi connectivity index (χ4n) is 4.99. The van der Waals surface area contributed by atoms with Gasteiger partial charge < -0.3 is 4.74 Å². The number of fused-ring (bicyclic) bond motifs is 4. The first-order valence-corrected chi connectivity index (χ1v) is 12.9. The smallest absolute Gasteiger partial charge is 0.415 e. The second-order valence-corrected chi connectivity index (χ2v) is 10.2. The molecule has 0 saturated heterocycles. The van der Waals surface area contributed by atoms with Crippen LogP contribution in [0.15, 0.2) is 83.0 Å². The first kappa shape index (κ1) is 24.5. The third-order valence-corrected chi connectivity index (χ3v) is 8.36. The molecule has 10 heteroatoms. The van der Waals surface area contributed by atoms with E-state index < -0.39 is 18.7 Å². The van der Waals surface area contributed by atoms with Crippen LogP contribution in [0.1, 0.15) is 38.7 Å². The standard InChI is InChI=1S/C28H18ClF2N3O3S/c29-23-10-9-22-20(25(23)38-26-24(14-35)32-11-12-33-26)13-34(28(22,30)31)27(36)37-15-21-18-7-3-1-5-16(18)17-6-2-4-8-19(17)21/h1-12,14,21H,13,15H2. The van der Waals surface area contributed by atoms with Crippen LogP contribution in [0, 0.1) is 0 Å². The van der Waals surface area contributed by atoms with Gasteiger partial charge in [0.05, 0.1) is 11.6 Å². The maximum atomic E-state index is 15.5. The molecule has 0 saturated carbocycles. The van der Waals surface area contributed by atoms with E-state index in [-0.39, 0.29) is 44.3 Å². The summed E-state index contributed by atoms with van der Waals surface area (Å²) in [5.41, 5.74) is 3.93. The van der Waals surface area contributed by atoms with Crippen LogP contribution in [0.4, 0.5) is 13.6 Å². The molecule has 1 aromatic heterocycles. The van der Waals surface area contributed by atoms with Gasteiger partial charge in [-0.3, -0.25) is 4.79 Å². The van der Waals surface area contributed by atoms with Crippen LogP contribution in [-0.4, -0.2) is 33.9 Å². The van der Waals surface area contributed by atoms with E-state index in [4.69, 9.17) is 16.3 Å². The lowest BCUT2D eigenvalue weighted by molar-refractivity contribution is -0.130. The molecule has 1 amide bonds. The van der Waals surface area contributed by atoms with E-state index in [2.05, 4.69) is 9.97 Å². The molecule has 190 valence electrons. The molecular weight excluding hydrogens is 532 g/mol. The maximum absolute atomic E-state index is 15.5. The highest BCUT2D eigenvalue weighted by molar-refractivity contribution is 7.99. The Hall–Kier alpha value is -3.82. The van der Waals surface area contributed by atoms with E-state index >= 15 is 8.78 Å². The number of benzene rings is 3. The van der Waals surface area contributed by atoms with Gasteiger partial charge >= 0.3 is 12.1 Å². The normalized spacial score (nSPS) is 15.1. The lowest BCUT2D eigenvalue weighted by Gasteiger charge is -2.24. The van der Waals surface area contributed by atoms with E-state index in [1.165, 1.54) is 24.5 Å². The van der Waals surface area contributed by atoms with Gasteiger partial charge in [-0.15, -0.1) is 0 Å². The van der Waals surface area contributed by atoms with Crippen molar-refractivity contribution < 1.29 is 23.1 Å². The zero-order chi connectivity index (χ0) is 26.4. The number of hydrogen-bond acceptors (Lipinski definition) is 6. The highest BCUT2D eigenvalue weighted by Crippen LogP contribution is 2.49. The second-order valence-electron chi connectivity index (χ2n) is 8.80. The lowest BCUT2D eigenvalue weighted by atomic mass is 9.98. The highest BCUT2D eigenvalue weighted by Gasteiger charge is 2.51. The Labute approximate surface area is 225 Å². The summed E-state index contributed by atoms with van der Waals surface area (Å²) < 4.78 is 36.5. The molecule has 0 unspecified atom stereocenters. The predicted molar refractivity (Wildman–Crippen MR) is 138 cm³/mol. The Morgan fingerprint density at radius 1 is 1.05 bits per heavy atom. The summed E-state index contributed by atoms with van der Waals surface area (Å²) in [5, 5.41) is 0.419. The number of rotatable bonds is 5. The van der Waals surface area contributed by atoms with Gasteiger partial charge in [-0.2, -0.15) is 8.78 Å². The van der Waals surface area contributed by atoms with Gasteiger partial charge in [-0.25, -0.2) is 19.7 Å². The number of ether oxygens (including phenoxy) is 1. The molecule has 6 rings (SSSR count). The van der Waals surface area contributed by atoms with Crippen molar-refractivity contribution in [1.29, 1.82) is 0 Å². The number of aldehydes is 1.